The smallest absolute Gasteiger partial charge is 0.0620 e. The minimum atomic E-state index is -0.260. The Bertz CT molecular complexity index is 453. The highest BCUT2D eigenvalue weighted by Gasteiger charge is 2.07. The molecule has 2 heteroatoms. The highest BCUT2D eigenvalue weighted by Crippen LogP contribution is 2.18. The maximum atomic E-state index is 6.01. The van der Waals surface area contributed by atoms with Gasteiger partial charge in [0.1, 0.15) is 0 Å². The van der Waals surface area contributed by atoms with Crippen molar-refractivity contribution in [3.63, 3.8) is 0 Å². The average Bonchev–Trinajstić information content (AvgIpc) is 2.30. The topological polar surface area (TPSA) is 0 Å². The number of benzene rings is 2. The number of rotatable bonds is 3. The highest BCUT2D eigenvalue weighted by molar-refractivity contribution is 6.54. The first kappa shape index (κ1) is 11.4. The van der Waals surface area contributed by atoms with Crippen molar-refractivity contribution < 1.29 is 0 Å². The minimum absolute atomic E-state index is 0.260. The molecule has 0 saturated heterocycles. The van der Waals surface area contributed by atoms with Crippen LogP contribution in [0.1, 0.15) is 18.0 Å². The zero-order valence-electron chi connectivity index (χ0n) is 9.36. The molecule has 0 aliphatic heterocycles. The second-order valence-electron chi connectivity index (χ2n) is 4.15. The second-order valence-corrected chi connectivity index (χ2v) is 7.03. The largest absolute Gasteiger partial charge is 0.0843 e. The van der Waals surface area contributed by atoms with Crippen LogP contribution in [0.4, 0.5) is 0 Å². The Morgan fingerprint density at radius 1 is 1.00 bits per heavy atom. The molecule has 2 rings (SSSR count). The third kappa shape index (κ3) is 2.97. The zero-order chi connectivity index (χ0) is 11.4. The third-order valence-corrected chi connectivity index (χ3v) is 5.06. The molecule has 0 heterocycles. The van der Waals surface area contributed by atoms with Crippen LogP contribution in [0, 0.1) is 0 Å². The van der Waals surface area contributed by atoms with Gasteiger partial charge in [-0.15, -0.1) is 0 Å². The molecule has 2 aromatic rings. The third-order valence-electron chi connectivity index (χ3n) is 2.80. The Balaban J connectivity index is 2.12. The number of hydrogen-bond acceptors (Lipinski definition) is 0. The van der Waals surface area contributed by atoms with Gasteiger partial charge in [-0.2, -0.15) is 0 Å². The fraction of sp³-hybridized carbons (Fsp3) is 0.143. The van der Waals surface area contributed by atoms with Crippen molar-refractivity contribution in [2.24, 2.45) is 0 Å². The summed E-state index contributed by atoms with van der Waals surface area (Å²) in [6.45, 7) is 2.30. The fourth-order valence-corrected chi connectivity index (χ4v) is 3.84. The van der Waals surface area contributed by atoms with E-state index >= 15 is 0 Å². The summed E-state index contributed by atoms with van der Waals surface area (Å²) in [5.74, 6) is 0. The quantitative estimate of drug-likeness (QED) is 0.731. The van der Waals surface area contributed by atoms with E-state index in [1.54, 1.807) is 0 Å². The van der Waals surface area contributed by atoms with E-state index in [4.69, 9.17) is 11.6 Å². The summed E-state index contributed by atoms with van der Waals surface area (Å²) >= 11 is 6.01. The van der Waals surface area contributed by atoms with Gasteiger partial charge in [0.15, 0.2) is 0 Å². The lowest BCUT2D eigenvalue weighted by Crippen LogP contribution is -2.19. The first-order valence-corrected chi connectivity index (χ1v) is 7.45. The van der Waals surface area contributed by atoms with Crippen molar-refractivity contribution in [3.8, 4) is 0 Å². The van der Waals surface area contributed by atoms with Gasteiger partial charge >= 0.3 is 0 Å². The lowest BCUT2D eigenvalue weighted by Gasteiger charge is -2.11. The van der Waals surface area contributed by atoms with E-state index in [0.29, 0.717) is 5.54 Å². The van der Waals surface area contributed by atoms with Gasteiger partial charge in [-0.1, -0.05) is 66.2 Å². The van der Waals surface area contributed by atoms with Gasteiger partial charge in [0.25, 0.3) is 0 Å². The standard InChI is InChI=1S/C14H15ClSi/c1-11(12-6-5-7-13(15)10-12)16-14-8-3-2-4-9-14/h2-11H,16H2,1H3. The van der Waals surface area contributed by atoms with E-state index < -0.39 is 0 Å². The molecule has 2 aromatic carbocycles. The Morgan fingerprint density at radius 3 is 2.44 bits per heavy atom. The predicted octanol–water partition coefficient (Wildman–Crippen LogP) is 2.90. The summed E-state index contributed by atoms with van der Waals surface area (Å²) in [6, 6.07) is 19.0. The van der Waals surface area contributed by atoms with Gasteiger partial charge < -0.3 is 0 Å². The van der Waals surface area contributed by atoms with E-state index in [1.807, 2.05) is 12.1 Å². The molecule has 0 radical (unpaired) electrons. The predicted molar refractivity (Wildman–Crippen MR) is 74.5 cm³/mol. The molecular formula is C14H15ClSi. The van der Waals surface area contributed by atoms with Crippen LogP contribution in [0.2, 0.25) is 5.02 Å². The van der Waals surface area contributed by atoms with E-state index in [0.717, 1.165) is 5.02 Å². The SMILES string of the molecule is CC([SiH2]c1ccccc1)c1cccc(Cl)c1. The van der Waals surface area contributed by atoms with Gasteiger partial charge in [-0.3, -0.25) is 0 Å². The Morgan fingerprint density at radius 2 is 1.75 bits per heavy atom. The molecule has 0 aromatic heterocycles. The second kappa shape index (κ2) is 5.33. The van der Waals surface area contributed by atoms with Crippen LogP contribution in [0.5, 0.6) is 0 Å². The van der Waals surface area contributed by atoms with E-state index in [-0.39, 0.29) is 9.52 Å². The van der Waals surface area contributed by atoms with Crippen LogP contribution < -0.4 is 5.19 Å². The zero-order valence-corrected chi connectivity index (χ0v) is 11.5. The Hall–Kier alpha value is -1.05. The first-order valence-electron chi connectivity index (χ1n) is 5.55. The molecule has 0 aliphatic rings. The number of halogens is 1. The van der Waals surface area contributed by atoms with Gasteiger partial charge in [0.2, 0.25) is 0 Å². The molecule has 16 heavy (non-hydrogen) atoms. The van der Waals surface area contributed by atoms with Crippen LogP contribution in [0.3, 0.4) is 0 Å². The van der Waals surface area contributed by atoms with Gasteiger partial charge in [-0.05, 0) is 23.2 Å². The minimum Gasteiger partial charge on any atom is -0.0843 e. The van der Waals surface area contributed by atoms with Crippen LogP contribution in [0.15, 0.2) is 54.6 Å². The van der Waals surface area contributed by atoms with Crippen LogP contribution in [-0.4, -0.2) is 9.52 Å². The first-order chi connectivity index (χ1) is 7.75. The van der Waals surface area contributed by atoms with E-state index in [2.05, 4.69) is 49.4 Å². The summed E-state index contributed by atoms with van der Waals surface area (Å²) < 4.78 is 0. The van der Waals surface area contributed by atoms with Crippen LogP contribution >= 0.6 is 11.6 Å². The normalized spacial score (nSPS) is 13.1. The molecule has 82 valence electrons. The maximum absolute atomic E-state index is 6.01. The Labute approximate surface area is 104 Å². The Kier molecular flexibility index (Phi) is 3.81. The van der Waals surface area contributed by atoms with E-state index in [9.17, 15) is 0 Å². The summed E-state index contributed by atoms with van der Waals surface area (Å²) in [6.07, 6.45) is 0. The lowest BCUT2D eigenvalue weighted by atomic mass is 10.2. The highest BCUT2D eigenvalue weighted by atomic mass is 35.5. The van der Waals surface area contributed by atoms with Crippen LogP contribution in [-0.2, 0) is 0 Å². The lowest BCUT2D eigenvalue weighted by molar-refractivity contribution is 1.07. The van der Waals surface area contributed by atoms with Crippen molar-refractivity contribution in [2.75, 3.05) is 0 Å². The van der Waals surface area contributed by atoms with E-state index in [1.165, 1.54) is 10.8 Å². The molecule has 0 fully saturated rings. The maximum Gasteiger partial charge on any atom is 0.0620 e. The van der Waals surface area contributed by atoms with Crippen LogP contribution in [0.25, 0.3) is 0 Å². The number of hydrogen-bond donors (Lipinski definition) is 0. The summed E-state index contributed by atoms with van der Waals surface area (Å²) in [5, 5.41) is 2.35. The molecular weight excluding hydrogens is 232 g/mol. The van der Waals surface area contributed by atoms with Crippen molar-refractivity contribution in [3.05, 3.63) is 65.2 Å². The molecule has 1 unspecified atom stereocenters. The summed E-state index contributed by atoms with van der Waals surface area (Å²) in [5.41, 5.74) is 2.00. The van der Waals surface area contributed by atoms with Gasteiger partial charge in [-0.25, -0.2) is 0 Å². The van der Waals surface area contributed by atoms with Crippen molar-refractivity contribution in [1.29, 1.82) is 0 Å². The molecule has 0 bridgehead atoms. The summed E-state index contributed by atoms with van der Waals surface area (Å²) in [7, 11) is -0.260. The van der Waals surface area contributed by atoms with Gasteiger partial charge in [0, 0.05) is 5.02 Å². The van der Waals surface area contributed by atoms with Crippen molar-refractivity contribution >= 4 is 26.3 Å². The molecule has 0 saturated carbocycles. The van der Waals surface area contributed by atoms with Crippen molar-refractivity contribution in [1.82, 2.24) is 0 Å². The molecule has 0 nitrogen and oxygen atoms in total. The fourth-order valence-electron chi connectivity index (χ4n) is 1.90. The van der Waals surface area contributed by atoms with Crippen molar-refractivity contribution in [2.45, 2.75) is 12.5 Å². The molecule has 0 amide bonds. The molecule has 0 spiro atoms. The summed E-state index contributed by atoms with van der Waals surface area (Å²) in [4.78, 5) is 0. The molecule has 0 aliphatic carbocycles. The average molecular weight is 247 g/mol. The monoisotopic (exact) mass is 246 g/mol. The molecule has 1 atom stereocenters. The molecule has 0 N–H and O–H groups in total. The van der Waals surface area contributed by atoms with Gasteiger partial charge in [0.05, 0.1) is 9.52 Å².